The Hall–Kier alpha value is -2.41. The monoisotopic (exact) mass is 343 g/mol. The van der Waals surface area contributed by atoms with Crippen molar-refractivity contribution >= 4 is 11.7 Å². The van der Waals surface area contributed by atoms with Crippen LogP contribution in [0.3, 0.4) is 0 Å². The highest BCUT2D eigenvalue weighted by atomic mass is 16.3. The number of carbonyl (C=O) groups excluding carboxylic acids is 1. The molecule has 1 aromatic carbocycles. The summed E-state index contributed by atoms with van der Waals surface area (Å²) in [6.45, 7) is 6.92. The zero-order chi connectivity index (χ0) is 18.0. The number of hydrogen-bond acceptors (Lipinski definition) is 4. The fourth-order valence-corrected chi connectivity index (χ4v) is 3.41. The number of amides is 2. The first-order valence-electron chi connectivity index (χ1n) is 8.69. The topological polar surface area (TPSA) is 83.3 Å². The lowest BCUT2D eigenvalue weighted by Gasteiger charge is -2.33. The second-order valence-corrected chi connectivity index (χ2v) is 6.92. The molecule has 0 aliphatic carbocycles. The molecule has 0 saturated carbocycles. The third kappa shape index (κ3) is 3.51. The van der Waals surface area contributed by atoms with Crippen molar-refractivity contribution in [3.63, 3.8) is 0 Å². The molecule has 2 amide bonds. The lowest BCUT2D eigenvalue weighted by Crippen LogP contribution is -2.49. The molecule has 2 aromatic rings. The van der Waals surface area contributed by atoms with E-state index in [1.54, 1.807) is 25.1 Å². The summed E-state index contributed by atoms with van der Waals surface area (Å²) in [6, 6.07) is 7.19. The SMILES string of the molecule is CCn1cnnc1-c1ccccc1NC(=O)N1CCCC1C(C)(C)O. The van der Waals surface area contributed by atoms with Gasteiger partial charge in [0.1, 0.15) is 6.33 Å². The number of aliphatic hydroxyl groups is 1. The molecule has 1 fully saturated rings. The van der Waals surface area contributed by atoms with Gasteiger partial charge in [0.2, 0.25) is 0 Å². The van der Waals surface area contributed by atoms with E-state index >= 15 is 0 Å². The molecule has 1 saturated heterocycles. The highest BCUT2D eigenvalue weighted by molar-refractivity contribution is 5.94. The minimum absolute atomic E-state index is 0.182. The Morgan fingerprint density at radius 2 is 2.16 bits per heavy atom. The van der Waals surface area contributed by atoms with Crippen molar-refractivity contribution in [2.45, 2.75) is 51.8 Å². The fraction of sp³-hybridized carbons (Fsp3) is 0.500. The maximum absolute atomic E-state index is 12.8. The Bertz CT molecular complexity index is 750. The largest absolute Gasteiger partial charge is 0.388 e. The van der Waals surface area contributed by atoms with E-state index in [1.807, 2.05) is 35.8 Å². The number of hydrogen-bond donors (Lipinski definition) is 2. The Balaban J connectivity index is 1.85. The van der Waals surface area contributed by atoms with Crippen LogP contribution in [0.4, 0.5) is 10.5 Å². The molecule has 0 radical (unpaired) electrons. The molecular formula is C18H25N5O2. The van der Waals surface area contributed by atoms with Crippen molar-refractivity contribution in [3.8, 4) is 11.4 Å². The summed E-state index contributed by atoms with van der Waals surface area (Å²) in [5.41, 5.74) is 0.598. The van der Waals surface area contributed by atoms with E-state index in [0.717, 1.165) is 30.8 Å². The molecule has 2 heterocycles. The summed E-state index contributed by atoms with van der Waals surface area (Å²) in [4.78, 5) is 14.5. The van der Waals surface area contributed by atoms with Gasteiger partial charge in [0.05, 0.1) is 17.3 Å². The fourth-order valence-electron chi connectivity index (χ4n) is 3.41. The lowest BCUT2D eigenvalue weighted by molar-refractivity contribution is 0.0117. The molecule has 134 valence electrons. The number of rotatable bonds is 4. The van der Waals surface area contributed by atoms with Crippen molar-refractivity contribution in [3.05, 3.63) is 30.6 Å². The van der Waals surface area contributed by atoms with Gasteiger partial charge in [-0.15, -0.1) is 10.2 Å². The molecule has 1 aliphatic rings. The van der Waals surface area contributed by atoms with Crippen molar-refractivity contribution < 1.29 is 9.90 Å². The van der Waals surface area contributed by atoms with Gasteiger partial charge in [-0.2, -0.15) is 0 Å². The van der Waals surface area contributed by atoms with Crippen LogP contribution >= 0.6 is 0 Å². The summed E-state index contributed by atoms with van der Waals surface area (Å²) in [5, 5.41) is 21.5. The Labute approximate surface area is 147 Å². The molecular weight excluding hydrogens is 318 g/mol. The van der Waals surface area contributed by atoms with Gasteiger partial charge in [-0.25, -0.2) is 4.79 Å². The van der Waals surface area contributed by atoms with Gasteiger partial charge in [-0.1, -0.05) is 12.1 Å². The van der Waals surface area contributed by atoms with E-state index in [-0.39, 0.29) is 12.1 Å². The van der Waals surface area contributed by atoms with Crippen molar-refractivity contribution in [1.82, 2.24) is 19.7 Å². The predicted molar refractivity (Wildman–Crippen MR) is 96.2 cm³/mol. The molecule has 1 aromatic heterocycles. The van der Waals surface area contributed by atoms with Crippen molar-refractivity contribution in [2.75, 3.05) is 11.9 Å². The maximum atomic E-state index is 12.8. The highest BCUT2D eigenvalue weighted by Gasteiger charge is 2.38. The van der Waals surface area contributed by atoms with Crippen molar-refractivity contribution in [1.29, 1.82) is 0 Å². The first-order valence-corrected chi connectivity index (χ1v) is 8.69. The van der Waals surface area contributed by atoms with E-state index < -0.39 is 5.60 Å². The third-order valence-corrected chi connectivity index (χ3v) is 4.69. The molecule has 1 atom stereocenters. The number of nitrogens with one attached hydrogen (secondary N) is 1. The van der Waals surface area contributed by atoms with Gasteiger partial charge in [0, 0.05) is 18.7 Å². The van der Waals surface area contributed by atoms with Gasteiger partial charge in [0.15, 0.2) is 5.82 Å². The zero-order valence-electron chi connectivity index (χ0n) is 14.9. The number of para-hydroxylation sites is 1. The number of likely N-dealkylation sites (tertiary alicyclic amines) is 1. The van der Waals surface area contributed by atoms with Crippen LogP contribution in [0.5, 0.6) is 0 Å². The Morgan fingerprint density at radius 1 is 1.40 bits per heavy atom. The Kier molecular flexibility index (Phi) is 4.76. The summed E-state index contributed by atoms with van der Waals surface area (Å²) >= 11 is 0. The lowest BCUT2D eigenvalue weighted by atomic mass is 9.97. The summed E-state index contributed by atoms with van der Waals surface area (Å²) in [5.74, 6) is 0.721. The number of anilines is 1. The zero-order valence-corrected chi connectivity index (χ0v) is 14.9. The molecule has 2 N–H and O–H groups in total. The van der Waals surface area contributed by atoms with Crippen LogP contribution < -0.4 is 5.32 Å². The molecule has 25 heavy (non-hydrogen) atoms. The van der Waals surface area contributed by atoms with E-state index in [1.165, 1.54) is 0 Å². The highest BCUT2D eigenvalue weighted by Crippen LogP contribution is 2.30. The number of aromatic nitrogens is 3. The van der Waals surface area contributed by atoms with Crippen LogP contribution in [0.1, 0.15) is 33.6 Å². The van der Waals surface area contributed by atoms with Gasteiger partial charge in [0.25, 0.3) is 0 Å². The molecule has 1 unspecified atom stereocenters. The maximum Gasteiger partial charge on any atom is 0.322 e. The van der Waals surface area contributed by atoms with E-state index in [9.17, 15) is 9.90 Å². The number of benzene rings is 1. The standard InChI is InChI=1S/C18H25N5O2/c1-4-22-12-19-21-16(22)13-8-5-6-9-14(13)20-17(24)23-11-7-10-15(23)18(2,3)25/h5-6,8-9,12,15,25H,4,7,10-11H2,1-3H3,(H,20,24). The van der Waals surface area contributed by atoms with E-state index in [0.29, 0.717) is 12.2 Å². The quantitative estimate of drug-likeness (QED) is 0.894. The number of urea groups is 1. The first-order chi connectivity index (χ1) is 11.9. The van der Waals surface area contributed by atoms with Gasteiger partial charge in [-0.05, 0) is 45.7 Å². The van der Waals surface area contributed by atoms with Gasteiger partial charge >= 0.3 is 6.03 Å². The molecule has 7 nitrogen and oxygen atoms in total. The van der Waals surface area contributed by atoms with Crippen LogP contribution in [0.15, 0.2) is 30.6 Å². The first kappa shape index (κ1) is 17.4. The second kappa shape index (κ2) is 6.84. The third-order valence-electron chi connectivity index (χ3n) is 4.69. The summed E-state index contributed by atoms with van der Waals surface area (Å²) in [6.07, 6.45) is 3.38. The van der Waals surface area contributed by atoms with Crippen LogP contribution in [0, 0.1) is 0 Å². The van der Waals surface area contributed by atoms with Crippen LogP contribution in [0.25, 0.3) is 11.4 Å². The summed E-state index contributed by atoms with van der Waals surface area (Å²) < 4.78 is 1.93. The minimum Gasteiger partial charge on any atom is -0.388 e. The summed E-state index contributed by atoms with van der Waals surface area (Å²) in [7, 11) is 0. The number of aryl methyl sites for hydroxylation is 1. The smallest absolute Gasteiger partial charge is 0.322 e. The predicted octanol–water partition coefficient (Wildman–Crippen LogP) is 2.73. The average Bonchev–Trinajstić information content (AvgIpc) is 3.24. The number of nitrogens with zero attached hydrogens (tertiary/aromatic N) is 4. The van der Waals surface area contributed by atoms with Gasteiger partial charge in [-0.3, -0.25) is 0 Å². The van der Waals surface area contributed by atoms with Crippen LogP contribution in [0.2, 0.25) is 0 Å². The van der Waals surface area contributed by atoms with Gasteiger partial charge < -0.3 is 19.9 Å². The minimum atomic E-state index is -0.921. The molecule has 3 rings (SSSR count). The van der Waals surface area contributed by atoms with Crippen LogP contribution in [-0.4, -0.2) is 49.0 Å². The second-order valence-electron chi connectivity index (χ2n) is 6.92. The van der Waals surface area contributed by atoms with E-state index in [2.05, 4.69) is 15.5 Å². The molecule has 1 aliphatic heterocycles. The average molecular weight is 343 g/mol. The van der Waals surface area contributed by atoms with Crippen molar-refractivity contribution in [2.24, 2.45) is 0 Å². The van der Waals surface area contributed by atoms with Crippen LogP contribution in [-0.2, 0) is 6.54 Å². The number of carbonyl (C=O) groups is 1. The van der Waals surface area contributed by atoms with E-state index in [4.69, 9.17) is 0 Å². The molecule has 0 spiro atoms. The molecule has 0 bridgehead atoms. The normalized spacial score (nSPS) is 17.8. The Morgan fingerprint density at radius 3 is 2.88 bits per heavy atom. The molecule has 7 heteroatoms.